The van der Waals surface area contributed by atoms with Crippen LogP contribution in [-0.2, 0) is 16.0 Å². The van der Waals surface area contributed by atoms with Gasteiger partial charge in [-0.1, -0.05) is 42.5 Å². The number of hydrogen-bond acceptors (Lipinski definition) is 3. The third-order valence-corrected chi connectivity index (χ3v) is 5.61. The van der Waals surface area contributed by atoms with E-state index < -0.39 is 5.41 Å². The van der Waals surface area contributed by atoms with Crippen molar-refractivity contribution in [1.82, 2.24) is 10.2 Å². The summed E-state index contributed by atoms with van der Waals surface area (Å²) in [7, 11) is 1.67. The number of methoxy groups -OCH3 is 1. The Morgan fingerprint density at radius 3 is 2.41 bits per heavy atom. The zero-order valence-electron chi connectivity index (χ0n) is 17.7. The van der Waals surface area contributed by atoms with Crippen LogP contribution in [0.4, 0.5) is 0 Å². The molecule has 1 atom stereocenters. The molecule has 3 rings (SSSR count). The van der Waals surface area contributed by atoms with E-state index in [2.05, 4.69) is 29.6 Å². The van der Waals surface area contributed by atoms with Crippen LogP contribution in [0, 0.1) is 5.41 Å². The van der Waals surface area contributed by atoms with E-state index in [1.165, 1.54) is 0 Å². The van der Waals surface area contributed by atoms with E-state index in [1.54, 1.807) is 18.9 Å². The number of likely N-dealkylation sites (tertiary alicyclic amines) is 1. The predicted molar refractivity (Wildman–Crippen MR) is 115 cm³/mol. The Labute approximate surface area is 173 Å². The maximum absolute atomic E-state index is 13.1. The normalized spacial score (nSPS) is 18.7. The summed E-state index contributed by atoms with van der Waals surface area (Å²) in [5.74, 6) is 0.890. The fraction of sp³-hybridized carbons (Fsp3) is 0.417. The lowest BCUT2D eigenvalue weighted by molar-refractivity contribution is -0.132. The van der Waals surface area contributed by atoms with Crippen LogP contribution in [0.3, 0.4) is 0 Å². The number of ether oxygens (including phenoxy) is 1. The average molecular weight is 395 g/mol. The summed E-state index contributed by atoms with van der Waals surface area (Å²) in [6.45, 7) is 6.59. The predicted octanol–water partition coefficient (Wildman–Crippen LogP) is 3.67. The Kier molecular flexibility index (Phi) is 6.26. The van der Waals surface area contributed by atoms with Gasteiger partial charge in [0.05, 0.1) is 12.5 Å². The van der Waals surface area contributed by atoms with Gasteiger partial charge in [-0.2, -0.15) is 0 Å². The number of hydrogen-bond donors (Lipinski definition) is 1. The maximum atomic E-state index is 13.1. The summed E-state index contributed by atoms with van der Waals surface area (Å²) in [5.41, 5.74) is 2.62. The van der Waals surface area contributed by atoms with Crippen LogP contribution >= 0.6 is 0 Å². The molecule has 0 unspecified atom stereocenters. The Hall–Kier alpha value is -2.82. The van der Waals surface area contributed by atoms with Gasteiger partial charge >= 0.3 is 0 Å². The zero-order valence-corrected chi connectivity index (χ0v) is 17.7. The Morgan fingerprint density at radius 1 is 1.14 bits per heavy atom. The molecule has 1 heterocycles. The highest BCUT2D eigenvalue weighted by Crippen LogP contribution is 2.36. The monoisotopic (exact) mass is 394 g/mol. The number of amides is 2. The summed E-state index contributed by atoms with van der Waals surface area (Å²) >= 11 is 0. The molecule has 1 fully saturated rings. The van der Waals surface area contributed by atoms with Crippen LogP contribution in [0.15, 0.2) is 48.5 Å². The number of carbonyl (C=O) groups excluding carboxylic acids is 2. The van der Waals surface area contributed by atoms with Crippen molar-refractivity contribution < 1.29 is 14.3 Å². The third-order valence-electron chi connectivity index (χ3n) is 5.61. The highest BCUT2D eigenvalue weighted by atomic mass is 16.5. The summed E-state index contributed by atoms with van der Waals surface area (Å²) in [4.78, 5) is 26.7. The first-order valence-corrected chi connectivity index (χ1v) is 10.1. The number of carbonyl (C=O) groups is 2. The largest absolute Gasteiger partial charge is 0.496 e. The minimum Gasteiger partial charge on any atom is -0.496 e. The van der Waals surface area contributed by atoms with E-state index in [-0.39, 0.29) is 17.9 Å². The van der Waals surface area contributed by atoms with E-state index in [1.807, 2.05) is 38.1 Å². The van der Waals surface area contributed by atoms with Gasteiger partial charge in [-0.05, 0) is 43.9 Å². The molecular weight excluding hydrogens is 364 g/mol. The van der Waals surface area contributed by atoms with Gasteiger partial charge in [-0.15, -0.1) is 0 Å². The molecule has 1 N–H and O–H groups in total. The molecule has 2 aromatic rings. The minimum atomic E-state index is -0.581. The fourth-order valence-corrected chi connectivity index (χ4v) is 4.04. The van der Waals surface area contributed by atoms with E-state index in [9.17, 15) is 9.59 Å². The van der Waals surface area contributed by atoms with Crippen molar-refractivity contribution in [2.75, 3.05) is 20.2 Å². The van der Waals surface area contributed by atoms with Crippen LogP contribution in [0.5, 0.6) is 5.75 Å². The van der Waals surface area contributed by atoms with Crippen LogP contribution in [0.2, 0.25) is 0 Å². The van der Waals surface area contributed by atoms with Crippen molar-refractivity contribution in [3.8, 4) is 16.9 Å². The van der Waals surface area contributed by atoms with Crippen LogP contribution in [0.1, 0.15) is 32.8 Å². The van der Waals surface area contributed by atoms with Crippen molar-refractivity contribution in [2.24, 2.45) is 5.41 Å². The van der Waals surface area contributed by atoms with Crippen LogP contribution in [-0.4, -0.2) is 43.0 Å². The molecule has 5 heteroatoms. The zero-order chi connectivity index (χ0) is 21.0. The lowest BCUT2D eigenvalue weighted by Gasteiger charge is -2.29. The quantitative estimate of drug-likeness (QED) is 0.813. The number of nitrogens with zero attached hydrogens (tertiary/aromatic N) is 1. The molecule has 0 bridgehead atoms. The van der Waals surface area contributed by atoms with Crippen LogP contribution in [0.25, 0.3) is 11.1 Å². The molecule has 0 aliphatic carbocycles. The first kappa shape index (κ1) is 20.9. The average Bonchev–Trinajstić information content (AvgIpc) is 3.14. The number of rotatable bonds is 6. The number of nitrogens with one attached hydrogen (secondary N) is 1. The SMILES string of the molecule is COc1ccccc1-c1ccc(C[C@@]2(C(=O)NC(C)C)CCN(C(C)=O)C2)cc1. The molecule has 0 radical (unpaired) electrons. The van der Waals surface area contributed by atoms with Gasteiger partial charge in [0.15, 0.2) is 0 Å². The van der Waals surface area contributed by atoms with E-state index in [0.717, 1.165) is 22.4 Å². The molecule has 5 nitrogen and oxygen atoms in total. The Morgan fingerprint density at radius 2 is 1.83 bits per heavy atom. The second-order valence-electron chi connectivity index (χ2n) is 8.17. The Bertz CT molecular complexity index is 876. The van der Waals surface area contributed by atoms with Crippen molar-refractivity contribution in [2.45, 2.75) is 39.7 Å². The van der Waals surface area contributed by atoms with E-state index in [0.29, 0.717) is 25.9 Å². The standard InChI is InChI=1S/C24H30N2O3/c1-17(2)25-23(28)24(13-14-26(16-24)18(3)27)15-19-9-11-20(12-10-19)21-7-5-6-8-22(21)29-4/h5-12,17H,13-16H2,1-4H3,(H,25,28)/t24-/m0/s1. The summed E-state index contributed by atoms with van der Waals surface area (Å²) in [5, 5.41) is 3.06. The maximum Gasteiger partial charge on any atom is 0.228 e. The van der Waals surface area contributed by atoms with Gasteiger partial charge in [-0.3, -0.25) is 9.59 Å². The van der Waals surface area contributed by atoms with Crippen molar-refractivity contribution >= 4 is 11.8 Å². The first-order valence-electron chi connectivity index (χ1n) is 10.1. The molecule has 1 aliphatic heterocycles. The topological polar surface area (TPSA) is 58.6 Å². The molecule has 2 aromatic carbocycles. The molecule has 0 saturated carbocycles. The Balaban J connectivity index is 1.85. The lowest BCUT2D eigenvalue weighted by atomic mass is 9.79. The van der Waals surface area contributed by atoms with Crippen molar-refractivity contribution in [1.29, 1.82) is 0 Å². The fourth-order valence-electron chi connectivity index (χ4n) is 4.04. The molecule has 2 amide bonds. The first-order chi connectivity index (χ1) is 13.8. The highest BCUT2D eigenvalue weighted by Gasteiger charge is 2.45. The van der Waals surface area contributed by atoms with Gasteiger partial charge in [0.1, 0.15) is 5.75 Å². The minimum absolute atomic E-state index is 0.0238. The summed E-state index contributed by atoms with van der Waals surface area (Å²) < 4.78 is 5.47. The van der Waals surface area contributed by atoms with Gasteiger partial charge < -0.3 is 15.0 Å². The molecule has 29 heavy (non-hydrogen) atoms. The highest BCUT2D eigenvalue weighted by molar-refractivity contribution is 5.85. The molecule has 1 aliphatic rings. The number of benzene rings is 2. The van der Waals surface area contributed by atoms with Gasteiger partial charge in [0, 0.05) is 31.6 Å². The van der Waals surface area contributed by atoms with Crippen molar-refractivity contribution in [3.63, 3.8) is 0 Å². The second-order valence-corrected chi connectivity index (χ2v) is 8.17. The molecule has 0 spiro atoms. The molecule has 1 saturated heterocycles. The van der Waals surface area contributed by atoms with Gasteiger partial charge in [0.25, 0.3) is 0 Å². The molecule has 154 valence electrons. The lowest BCUT2D eigenvalue weighted by Crippen LogP contribution is -2.47. The van der Waals surface area contributed by atoms with E-state index in [4.69, 9.17) is 4.74 Å². The van der Waals surface area contributed by atoms with Crippen molar-refractivity contribution in [3.05, 3.63) is 54.1 Å². The van der Waals surface area contributed by atoms with E-state index >= 15 is 0 Å². The van der Waals surface area contributed by atoms with Gasteiger partial charge in [0.2, 0.25) is 11.8 Å². The second kappa shape index (κ2) is 8.68. The smallest absolute Gasteiger partial charge is 0.228 e. The molecular formula is C24H30N2O3. The van der Waals surface area contributed by atoms with Crippen LogP contribution < -0.4 is 10.1 Å². The molecule has 0 aromatic heterocycles. The van der Waals surface area contributed by atoms with Gasteiger partial charge in [-0.25, -0.2) is 0 Å². The summed E-state index contributed by atoms with van der Waals surface area (Å²) in [6.07, 6.45) is 1.29. The summed E-state index contributed by atoms with van der Waals surface area (Å²) in [6, 6.07) is 16.3. The third kappa shape index (κ3) is 4.61. The number of para-hydroxylation sites is 1.